The minimum Gasteiger partial charge on any atom is -0.347 e. The van der Waals surface area contributed by atoms with Gasteiger partial charge in [-0.25, -0.2) is 0 Å². The van der Waals surface area contributed by atoms with Crippen LogP contribution in [0.2, 0.25) is 5.02 Å². The minimum atomic E-state index is -0.0309. The van der Waals surface area contributed by atoms with E-state index in [0.29, 0.717) is 23.7 Å². The van der Waals surface area contributed by atoms with E-state index < -0.39 is 0 Å². The zero-order valence-electron chi connectivity index (χ0n) is 13.3. The lowest BCUT2D eigenvalue weighted by Crippen LogP contribution is -2.15. The Kier molecular flexibility index (Phi) is 4.39. The summed E-state index contributed by atoms with van der Waals surface area (Å²) in [5.74, 6) is -0.0309. The molecule has 0 saturated carbocycles. The molecule has 0 aliphatic carbocycles. The highest BCUT2D eigenvalue weighted by Gasteiger charge is 2.10. The molecule has 0 radical (unpaired) electrons. The molecule has 0 bridgehead atoms. The third kappa shape index (κ3) is 3.40. The standard InChI is InChI=1S/C19H19ClN2O/c1-13-11-14(2)19(16(20)12-13)21-18(23)8-10-22-9-7-15-5-3-4-6-17(15)22/h3-7,9,11-12H,8,10H2,1-2H3,(H,21,23). The molecule has 3 rings (SSSR count). The molecule has 4 heteroatoms. The maximum Gasteiger partial charge on any atom is 0.226 e. The third-order valence-corrected chi connectivity index (χ3v) is 4.25. The fourth-order valence-corrected chi connectivity index (χ4v) is 3.20. The first-order chi connectivity index (χ1) is 11.0. The van der Waals surface area contributed by atoms with Gasteiger partial charge in [0.1, 0.15) is 0 Å². The second kappa shape index (κ2) is 6.47. The van der Waals surface area contributed by atoms with Crippen molar-refractivity contribution in [3.8, 4) is 0 Å². The summed E-state index contributed by atoms with van der Waals surface area (Å²) in [6, 6.07) is 14.1. The maximum atomic E-state index is 12.3. The van der Waals surface area contributed by atoms with Crippen molar-refractivity contribution in [2.45, 2.75) is 26.8 Å². The number of aromatic nitrogens is 1. The summed E-state index contributed by atoms with van der Waals surface area (Å²) in [6.45, 7) is 4.58. The first-order valence-electron chi connectivity index (χ1n) is 7.65. The van der Waals surface area contributed by atoms with Crippen molar-refractivity contribution in [3.63, 3.8) is 0 Å². The summed E-state index contributed by atoms with van der Waals surface area (Å²) >= 11 is 6.24. The van der Waals surface area contributed by atoms with E-state index in [1.165, 1.54) is 5.39 Å². The first kappa shape index (κ1) is 15.6. The molecule has 0 aliphatic rings. The highest BCUT2D eigenvalue weighted by molar-refractivity contribution is 6.34. The summed E-state index contributed by atoms with van der Waals surface area (Å²) in [4.78, 5) is 12.3. The van der Waals surface area contributed by atoms with Gasteiger partial charge in [-0.15, -0.1) is 0 Å². The highest BCUT2D eigenvalue weighted by atomic mass is 35.5. The van der Waals surface area contributed by atoms with Gasteiger partial charge in [0.15, 0.2) is 0 Å². The zero-order valence-corrected chi connectivity index (χ0v) is 14.0. The number of nitrogens with one attached hydrogen (secondary N) is 1. The number of hydrogen-bond donors (Lipinski definition) is 1. The number of para-hydroxylation sites is 1. The molecule has 0 fully saturated rings. The van der Waals surface area contributed by atoms with E-state index >= 15 is 0 Å². The number of rotatable bonds is 4. The lowest BCUT2D eigenvalue weighted by Gasteiger charge is -2.12. The average molecular weight is 327 g/mol. The molecule has 3 aromatic rings. The van der Waals surface area contributed by atoms with Crippen LogP contribution >= 0.6 is 11.6 Å². The predicted octanol–water partition coefficient (Wildman–Crippen LogP) is 4.94. The molecule has 2 aromatic carbocycles. The van der Waals surface area contributed by atoms with Gasteiger partial charge < -0.3 is 9.88 Å². The van der Waals surface area contributed by atoms with Gasteiger partial charge in [0.2, 0.25) is 5.91 Å². The number of benzene rings is 2. The van der Waals surface area contributed by atoms with E-state index in [4.69, 9.17) is 11.6 Å². The Balaban J connectivity index is 1.69. The fraction of sp³-hybridized carbons (Fsp3) is 0.211. The van der Waals surface area contributed by atoms with E-state index in [1.807, 2.05) is 44.3 Å². The molecule has 0 unspecified atom stereocenters. The van der Waals surface area contributed by atoms with Crippen molar-refractivity contribution in [1.82, 2.24) is 4.57 Å². The molecule has 1 amide bonds. The van der Waals surface area contributed by atoms with Gasteiger partial charge in [-0.05, 0) is 48.6 Å². The molecule has 1 aromatic heterocycles. The topological polar surface area (TPSA) is 34.0 Å². The molecule has 0 spiro atoms. The quantitative estimate of drug-likeness (QED) is 0.724. The Labute approximate surface area is 140 Å². The van der Waals surface area contributed by atoms with Crippen LogP contribution in [0.1, 0.15) is 17.5 Å². The van der Waals surface area contributed by atoms with Crippen LogP contribution in [0, 0.1) is 13.8 Å². The molecular weight excluding hydrogens is 308 g/mol. The van der Waals surface area contributed by atoms with Crippen molar-refractivity contribution in [2.24, 2.45) is 0 Å². The van der Waals surface area contributed by atoms with Gasteiger partial charge in [-0.1, -0.05) is 35.9 Å². The van der Waals surface area contributed by atoms with Crippen molar-refractivity contribution < 1.29 is 4.79 Å². The largest absolute Gasteiger partial charge is 0.347 e. The molecular formula is C19H19ClN2O. The van der Waals surface area contributed by atoms with Gasteiger partial charge >= 0.3 is 0 Å². The van der Waals surface area contributed by atoms with Crippen LogP contribution in [0.25, 0.3) is 10.9 Å². The summed E-state index contributed by atoms with van der Waals surface area (Å²) in [5, 5.41) is 4.70. The highest BCUT2D eigenvalue weighted by Crippen LogP contribution is 2.27. The number of carbonyl (C=O) groups excluding carboxylic acids is 1. The Bertz CT molecular complexity index is 844. The molecule has 23 heavy (non-hydrogen) atoms. The Morgan fingerprint density at radius 1 is 1.17 bits per heavy atom. The van der Waals surface area contributed by atoms with Crippen LogP contribution in [0.4, 0.5) is 5.69 Å². The second-order valence-electron chi connectivity index (χ2n) is 5.80. The molecule has 1 heterocycles. The van der Waals surface area contributed by atoms with Crippen LogP contribution < -0.4 is 5.32 Å². The monoisotopic (exact) mass is 326 g/mol. The van der Waals surface area contributed by atoms with E-state index in [0.717, 1.165) is 16.6 Å². The number of carbonyl (C=O) groups is 1. The average Bonchev–Trinajstić information content (AvgIpc) is 2.92. The van der Waals surface area contributed by atoms with E-state index in [-0.39, 0.29) is 5.91 Å². The number of fused-ring (bicyclic) bond motifs is 1. The Morgan fingerprint density at radius 2 is 1.96 bits per heavy atom. The molecule has 3 nitrogen and oxygen atoms in total. The van der Waals surface area contributed by atoms with Gasteiger partial charge in [0.25, 0.3) is 0 Å². The normalized spacial score (nSPS) is 10.9. The molecule has 1 N–H and O–H groups in total. The van der Waals surface area contributed by atoms with Crippen molar-refractivity contribution in [3.05, 3.63) is 64.8 Å². The number of anilines is 1. The zero-order chi connectivity index (χ0) is 16.4. The smallest absolute Gasteiger partial charge is 0.226 e. The molecule has 0 atom stereocenters. The van der Waals surface area contributed by atoms with Gasteiger partial charge in [0, 0.05) is 24.7 Å². The van der Waals surface area contributed by atoms with E-state index in [2.05, 4.69) is 28.1 Å². The van der Waals surface area contributed by atoms with Crippen LogP contribution in [-0.4, -0.2) is 10.5 Å². The number of hydrogen-bond acceptors (Lipinski definition) is 1. The molecule has 118 valence electrons. The molecule has 0 saturated heterocycles. The van der Waals surface area contributed by atoms with Gasteiger partial charge in [-0.3, -0.25) is 4.79 Å². The molecule has 0 aliphatic heterocycles. The number of aryl methyl sites for hydroxylation is 3. The summed E-state index contributed by atoms with van der Waals surface area (Å²) in [5.41, 5.74) is 3.92. The number of halogens is 1. The maximum absolute atomic E-state index is 12.3. The van der Waals surface area contributed by atoms with Crippen LogP contribution in [0.15, 0.2) is 48.7 Å². The third-order valence-electron chi connectivity index (χ3n) is 3.96. The Hall–Kier alpha value is -2.26. The van der Waals surface area contributed by atoms with Crippen LogP contribution in [0.5, 0.6) is 0 Å². The minimum absolute atomic E-state index is 0.0309. The fourth-order valence-electron chi connectivity index (χ4n) is 2.83. The number of amides is 1. The Morgan fingerprint density at radius 3 is 2.74 bits per heavy atom. The van der Waals surface area contributed by atoms with E-state index in [1.54, 1.807) is 0 Å². The lowest BCUT2D eigenvalue weighted by molar-refractivity contribution is -0.116. The van der Waals surface area contributed by atoms with Crippen molar-refractivity contribution in [1.29, 1.82) is 0 Å². The van der Waals surface area contributed by atoms with Crippen molar-refractivity contribution in [2.75, 3.05) is 5.32 Å². The van der Waals surface area contributed by atoms with Crippen molar-refractivity contribution >= 4 is 34.1 Å². The van der Waals surface area contributed by atoms with E-state index in [9.17, 15) is 4.79 Å². The summed E-state index contributed by atoms with van der Waals surface area (Å²) in [6.07, 6.45) is 2.42. The first-order valence-corrected chi connectivity index (χ1v) is 8.03. The summed E-state index contributed by atoms with van der Waals surface area (Å²) < 4.78 is 2.10. The van der Waals surface area contributed by atoms with Crippen LogP contribution in [0.3, 0.4) is 0 Å². The van der Waals surface area contributed by atoms with Gasteiger partial charge in [-0.2, -0.15) is 0 Å². The summed E-state index contributed by atoms with van der Waals surface area (Å²) in [7, 11) is 0. The second-order valence-corrected chi connectivity index (χ2v) is 6.21. The SMILES string of the molecule is Cc1cc(C)c(NC(=O)CCn2ccc3ccccc32)c(Cl)c1. The lowest BCUT2D eigenvalue weighted by atomic mass is 10.1. The predicted molar refractivity (Wildman–Crippen MR) is 96.1 cm³/mol. The number of nitrogens with zero attached hydrogens (tertiary/aromatic N) is 1. The van der Waals surface area contributed by atoms with Gasteiger partial charge in [0.05, 0.1) is 10.7 Å². The van der Waals surface area contributed by atoms with Crippen LogP contribution in [-0.2, 0) is 11.3 Å².